The number of ether oxygens (including phenoxy) is 2. The molecule has 0 aromatic rings. The maximum Gasteiger partial charge on any atom is 0.0996 e. The average molecular weight is 241 g/mol. The number of hydrogen-bond donors (Lipinski definition) is 0. The predicted molar refractivity (Wildman–Crippen MR) is 68.9 cm³/mol. The second-order valence-electron chi connectivity index (χ2n) is 6.78. The van der Waals surface area contributed by atoms with Crippen LogP contribution in [0.3, 0.4) is 0 Å². The first-order valence-electron chi connectivity index (χ1n) is 6.88. The van der Waals surface area contributed by atoms with E-state index in [0.717, 1.165) is 19.6 Å². The number of fused-ring (bicyclic) bond motifs is 1. The highest BCUT2D eigenvalue weighted by atomic mass is 16.5. The molecule has 0 amide bonds. The van der Waals surface area contributed by atoms with E-state index in [4.69, 9.17) is 9.47 Å². The monoisotopic (exact) mass is 241 g/mol. The molecule has 17 heavy (non-hydrogen) atoms. The normalized spacial score (nSPS) is 35.3. The standard InChI is InChI=1S/C14H27NO2/c1-10(2)15-8-11-6-12(17-14(3,4)5)7-13(11)16-9-15/h10-13H,6-9H2,1-5H3. The van der Waals surface area contributed by atoms with Gasteiger partial charge < -0.3 is 9.47 Å². The van der Waals surface area contributed by atoms with Crippen LogP contribution in [0.4, 0.5) is 0 Å². The molecule has 3 atom stereocenters. The number of nitrogens with zero attached hydrogens (tertiary/aromatic N) is 1. The minimum Gasteiger partial charge on any atom is -0.373 e. The smallest absolute Gasteiger partial charge is 0.0996 e. The Balaban J connectivity index is 1.88. The Labute approximate surface area is 105 Å². The Morgan fingerprint density at radius 1 is 1.24 bits per heavy atom. The van der Waals surface area contributed by atoms with Gasteiger partial charge in [0.15, 0.2) is 0 Å². The molecule has 100 valence electrons. The van der Waals surface area contributed by atoms with Gasteiger partial charge in [-0.25, -0.2) is 0 Å². The van der Waals surface area contributed by atoms with E-state index < -0.39 is 0 Å². The van der Waals surface area contributed by atoms with E-state index in [0.29, 0.717) is 24.2 Å². The highest BCUT2D eigenvalue weighted by Crippen LogP contribution is 2.36. The molecule has 1 saturated carbocycles. The zero-order valence-corrected chi connectivity index (χ0v) is 11.9. The lowest BCUT2D eigenvalue weighted by molar-refractivity contribution is -0.104. The van der Waals surface area contributed by atoms with Crippen molar-refractivity contribution in [2.24, 2.45) is 5.92 Å². The third-order valence-electron chi connectivity index (χ3n) is 3.76. The fourth-order valence-corrected chi connectivity index (χ4v) is 2.93. The fraction of sp³-hybridized carbons (Fsp3) is 1.00. The van der Waals surface area contributed by atoms with Gasteiger partial charge in [-0.15, -0.1) is 0 Å². The summed E-state index contributed by atoms with van der Waals surface area (Å²) in [5, 5.41) is 0. The Morgan fingerprint density at radius 2 is 1.94 bits per heavy atom. The van der Waals surface area contributed by atoms with Crippen molar-refractivity contribution in [2.75, 3.05) is 13.3 Å². The molecule has 1 aliphatic heterocycles. The summed E-state index contributed by atoms with van der Waals surface area (Å²) in [6.07, 6.45) is 3.05. The van der Waals surface area contributed by atoms with E-state index in [1.54, 1.807) is 0 Å². The maximum atomic E-state index is 6.09. The first-order valence-corrected chi connectivity index (χ1v) is 6.88. The molecule has 0 aromatic carbocycles. The van der Waals surface area contributed by atoms with E-state index in [9.17, 15) is 0 Å². The van der Waals surface area contributed by atoms with Gasteiger partial charge >= 0.3 is 0 Å². The molecule has 3 unspecified atom stereocenters. The van der Waals surface area contributed by atoms with Crippen molar-refractivity contribution in [2.45, 2.75) is 71.3 Å². The summed E-state index contributed by atoms with van der Waals surface area (Å²) in [6.45, 7) is 12.8. The Hall–Kier alpha value is -0.120. The van der Waals surface area contributed by atoms with E-state index in [1.165, 1.54) is 6.54 Å². The van der Waals surface area contributed by atoms with Crippen LogP contribution in [-0.4, -0.2) is 42.0 Å². The summed E-state index contributed by atoms with van der Waals surface area (Å²) in [7, 11) is 0. The van der Waals surface area contributed by atoms with Crippen LogP contribution in [-0.2, 0) is 9.47 Å². The van der Waals surface area contributed by atoms with Crippen LogP contribution in [0.1, 0.15) is 47.5 Å². The van der Waals surface area contributed by atoms with Crippen LogP contribution in [0.15, 0.2) is 0 Å². The minimum atomic E-state index is -0.0318. The second kappa shape index (κ2) is 4.87. The SMILES string of the molecule is CC(C)N1COC2CC(OC(C)(C)C)CC2C1. The molecule has 2 fully saturated rings. The van der Waals surface area contributed by atoms with Crippen LogP contribution in [0, 0.1) is 5.92 Å². The van der Waals surface area contributed by atoms with Crippen LogP contribution in [0.25, 0.3) is 0 Å². The highest BCUT2D eigenvalue weighted by Gasteiger charge is 2.41. The van der Waals surface area contributed by atoms with Crippen molar-refractivity contribution < 1.29 is 9.47 Å². The van der Waals surface area contributed by atoms with Gasteiger partial charge in [-0.05, 0) is 41.0 Å². The first kappa shape index (κ1) is 13.3. The summed E-state index contributed by atoms with van der Waals surface area (Å²) >= 11 is 0. The molecule has 1 heterocycles. The van der Waals surface area contributed by atoms with Crippen molar-refractivity contribution >= 4 is 0 Å². The van der Waals surface area contributed by atoms with Crippen molar-refractivity contribution in [1.29, 1.82) is 0 Å². The van der Waals surface area contributed by atoms with E-state index in [-0.39, 0.29) is 5.60 Å². The van der Waals surface area contributed by atoms with Crippen molar-refractivity contribution in [3.05, 3.63) is 0 Å². The Bertz CT molecular complexity index is 259. The van der Waals surface area contributed by atoms with Crippen LogP contribution in [0.2, 0.25) is 0 Å². The van der Waals surface area contributed by atoms with E-state index in [2.05, 4.69) is 39.5 Å². The topological polar surface area (TPSA) is 21.7 Å². The molecule has 0 radical (unpaired) electrons. The minimum absolute atomic E-state index is 0.0318. The third-order valence-corrected chi connectivity index (χ3v) is 3.76. The maximum absolute atomic E-state index is 6.09. The molecule has 2 aliphatic rings. The van der Waals surface area contributed by atoms with Gasteiger partial charge in [0.05, 0.1) is 24.5 Å². The van der Waals surface area contributed by atoms with Gasteiger partial charge in [0.2, 0.25) is 0 Å². The molecule has 1 aliphatic carbocycles. The van der Waals surface area contributed by atoms with Crippen molar-refractivity contribution in [3.8, 4) is 0 Å². The molecule has 3 nitrogen and oxygen atoms in total. The summed E-state index contributed by atoms with van der Waals surface area (Å²) in [6, 6.07) is 0.582. The van der Waals surface area contributed by atoms with Crippen molar-refractivity contribution in [3.63, 3.8) is 0 Å². The molecule has 0 bridgehead atoms. The third kappa shape index (κ3) is 3.43. The molecule has 0 N–H and O–H groups in total. The quantitative estimate of drug-likeness (QED) is 0.742. The molecular weight excluding hydrogens is 214 g/mol. The lowest BCUT2D eigenvalue weighted by Crippen LogP contribution is -2.45. The lowest BCUT2D eigenvalue weighted by Gasteiger charge is -2.37. The van der Waals surface area contributed by atoms with Crippen LogP contribution >= 0.6 is 0 Å². The van der Waals surface area contributed by atoms with Gasteiger partial charge in [-0.3, -0.25) is 4.90 Å². The summed E-state index contributed by atoms with van der Waals surface area (Å²) in [5.41, 5.74) is -0.0318. The predicted octanol–water partition coefficient (Wildman–Crippen LogP) is 2.65. The zero-order valence-electron chi connectivity index (χ0n) is 11.9. The van der Waals surface area contributed by atoms with Gasteiger partial charge in [-0.1, -0.05) is 0 Å². The molecule has 3 heteroatoms. The molecule has 0 spiro atoms. The largest absolute Gasteiger partial charge is 0.373 e. The van der Waals surface area contributed by atoms with Crippen LogP contribution < -0.4 is 0 Å². The van der Waals surface area contributed by atoms with Gasteiger partial charge in [0.25, 0.3) is 0 Å². The molecule has 1 saturated heterocycles. The van der Waals surface area contributed by atoms with Gasteiger partial charge in [0.1, 0.15) is 0 Å². The first-order chi connectivity index (χ1) is 7.85. The van der Waals surface area contributed by atoms with Gasteiger partial charge in [-0.2, -0.15) is 0 Å². The number of rotatable bonds is 2. The fourth-order valence-electron chi connectivity index (χ4n) is 2.93. The molecule has 0 aromatic heterocycles. The van der Waals surface area contributed by atoms with Crippen LogP contribution in [0.5, 0.6) is 0 Å². The van der Waals surface area contributed by atoms with E-state index >= 15 is 0 Å². The molecule has 2 rings (SSSR count). The van der Waals surface area contributed by atoms with Gasteiger partial charge in [0, 0.05) is 24.9 Å². The average Bonchev–Trinajstić information content (AvgIpc) is 2.54. The highest BCUT2D eigenvalue weighted by molar-refractivity contribution is 4.90. The van der Waals surface area contributed by atoms with E-state index in [1.807, 2.05) is 0 Å². The number of hydrogen-bond acceptors (Lipinski definition) is 3. The summed E-state index contributed by atoms with van der Waals surface area (Å²) in [5.74, 6) is 0.665. The Morgan fingerprint density at radius 3 is 2.53 bits per heavy atom. The summed E-state index contributed by atoms with van der Waals surface area (Å²) in [4.78, 5) is 2.42. The summed E-state index contributed by atoms with van der Waals surface area (Å²) < 4.78 is 12.1. The zero-order chi connectivity index (χ0) is 12.6. The van der Waals surface area contributed by atoms with Crippen molar-refractivity contribution in [1.82, 2.24) is 4.90 Å². The second-order valence-corrected chi connectivity index (χ2v) is 6.78. The Kier molecular flexibility index (Phi) is 3.81. The lowest BCUT2D eigenvalue weighted by atomic mass is 10.0. The molecular formula is C14H27NO2.